The van der Waals surface area contributed by atoms with Gasteiger partial charge < -0.3 is 0 Å². The summed E-state index contributed by atoms with van der Waals surface area (Å²) in [5, 5.41) is 23.6. The van der Waals surface area contributed by atoms with Crippen LogP contribution in [-0.4, -0.2) is 36.3 Å². The molecule has 2 aromatic carbocycles. The number of benzene rings is 2. The van der Waals surface area contributed by atoms with E-state index in [0.717, 1.165) is 23.4 Å². The van der Waals surface area contributed by atoms with Crippen molar-refractivity contribution in [2.75, 3.05) is 5.32 Å². The molecule has 0 saturated heterocycles. The van der Waals surface area contributed by atoms with Crippen LogP contribution in [0, 0.1) is 0 Å². The van der Waals surface area contributed by atoms with Crippen molar-refractivity contribution in [1.29, 1.82) is 0 Å². The van der Waals surface area contributed by atoms with Crippen LogP contribution in [0.25, 0.3) is 0 Å². The van der Waals surface area contributed by atoms with E-state index in [1.807, 2.05) is 48.5 Å². The average molecular weight is 391 g/mol. The number of aryl methyl sites for hydroxylation is 2. The number of anilines is 1. The van der Waals surface area contributed by atoms with Crippen LogP contribution < -0.4 is 5.32 Å². The summed E-state index contributed by atoms with van der Waals surface area (Å²) in [6.45, 7) is 0. The van der Waals surface area contributed by atoms with E-state index >= 15 is 0 Å². The Morgan fingerprint density at radius 1 is 1.00 bits per heavy atom. The minimum atomic E-state index is -0.687. The molecule has 28 heavy (non-hydrogen) atoms. The molecule has 8 nitrogen and oxygen atoms in total. The van der Waals surface area contributed by atoms with Crippen LogP contribution >= 0.6 is 11.3 Å². The lowest BCUT2D eigenvalue weighted by molar-refractivity contribution is -0.118. The Hall–Kier alpha value is -3.46. The number of amides is 1. The summed E-state index contributed by atoms with van der Waals surface area (Å²) in [7, 11) is 0. The van der Waals surface area contributed by atoms with Gasteiger partial charge in [0.1, 0.15) is 11.3 Å². The molecule has 140 valence electrons. The molecule has 0 radical (unpaired) electrons. The highest BCUT2D eigenvalue weighted by Gasteiger charge is 2.25. The molecule has 2 aromatic heterocycles. The molecule has 2 heterocycles. The Bertz CT molecular complexity index is 1020. The normalized spacial score (nSPS) is 11.9. The summed E-state index contributed by atoms with van der Waals surface area (Å²) in [6, 6.07) is 18.9. The second kappa shape index (κ2) is 8.49. The molecule has 0 aliphatic heterocycles. The Labute approximate surface area is 165 Å². The van der Waals surface area contributed by atoms with E-state index in [-0.39, 0.29) is 5.91 Å². The number of tetrazole rings is 1. The van der Waals surface area contributed by atoms with Gasteiger partial charge in [-0.2, -0.15) is 0 Å². The van der Waals surface area contributed by atoms with Gasteiger partial charge in [-0.05, 0) is 28.0 Å². The standard InChI is InChI=1S/C19H17N7OS/c27-18(17(26-13-20-24-25-26)15-9-5-2-6-10-15)21-19-23-22-16(28-19)12-11-14-7-3-1-4-8-14/h1-10,13,17H,11-12H2,(H,21,23,27)/t17-/m0/s1. The van der Waals surface area contributed by atoms with E-state index in [9.17, 15) is 4.79 Å². The molecule has 1 amide bonds. The van der Waals surface area contributed by atoms with Gasteiger partial charge in [0.25, 0.3) is 5.91 Å². The summed E-state index contributed by atoms with van der Waals surface area (Å²) in [5.41, 5.74) is 2.02. The topological polar surface area (TPSA) is 98.5 Å². The summed E-state index contributed by atoms with van der Waals surface area (Å²) in [5.74, 6) is -0.274. The molecule has 0 aliphatic carbocycles. The van der Waals surface area contributed by atoms with Crippen molar-refractivity contribution in [1.82, 2.24) is 30.4 Å². The van der Waals surface area contributed by atoms with E-state index in [1.165, 1.54) is 27.9 Å². The van der Waals surface area contributed by atoms with Gasteiger partial charge in [0.05, 0.1) is 0 Å². The first-order valence-corrected chi connectivity index (χ1v) is 9.56. The van der Waals surface area contributed by atoms with Gasteiger partial charge in [0, 0.05) is 6.42 Å². The summed E-state index contributed by atoms with van der Waals surface area (Å²) < 4.78 is 1.42. The first-order chi connectivity index (χ1) is 13.8. The fraction of sp³-hybridized carbons (Fsp3) is 0.158. The number of aromatic nitrogens is 6. The molecule has 0 bridgehead atoms. The number of nitrogens with zero attached hydrogens (tertiary/aromatic N) is 6. The van der Waals surface area contributed by atoms with Crippen molar-refractivity contribution < 1.29 is 4.79 Å². The lowest BCUT2D eigenvalue weighted by atomic mass is 10.1. The first kappa shape index (κ1) is 17.9. The Morgan fingerprint density at radius 3 is 2.46 bits per heavy atom. The van der Waals surface area contributed by atoms with Crippen LogP contribution in [0.1, 0.15) is 22.2 Å². The monoisotopic (exact) mass is 391 g/mol. The fourth-order valence-electron chi connectivity index (χ4n) is 2.82. The molecule has 0 unspecified atom stereocenters. The molecule has 0 aliphatic rings. The maximum Gasteiger partial charge on any atom is 0.255 e. The lowest BCUT2D eigenvalue weighted by Gasteiger charge is -2.15. The summed E-state index contributed by atoms with van der Waals surface area (Å²) in [4.78, 5) is 12.9. The Morgan fingerprint density at radius 2 is 1.75 bits per heavy atom. The zero-order valence-corrected chi connectivity index (χ0v) is 15.7. The molecular weight excluding hydrogens is 374 g/mol. The van der Waals surface area contributed by atoms with Gasteiger partial charge in [-0.15, -0.1) is 15.3 Å². The van der Waals surface area contributed by atoms with Crippen molar-refractivity contribution in [3.8, 4) is 0 Å². The van der Waals surface area contributed by atoms with Gasteiger partial charge >= 0.3 is 0 Å². The number of nitrogens with one attached hydrogen (secondary N) is 1. The van der Waals surface area contributed by atoms with Crippen LogP contribution in [0.3, 0.4) is 0 Å². The lowest BCUT2D eigenvalue weighted by Crippen LogP contribution is -2.27. The van der Waals surface area contributed by atoms with Crippen molar-refractivity contribution in [3.05, 3.63) is 83.1 Å². The molecule has 1 atom stereocenters. The second-order valence-electron chi connectivity index (χ2n) is 6.08. The van der Waals surface area contributed by atoms with Crippen molar-refractivity contribution in [3.63, 3.8) is 0 Å². The molecule has 4 rings (SSSR count). The Kier molecular flexibility index (Phi) is 5.43. The summed E-state index contributed by atoms with van der Waals surface area (Å²) in [6.07, 6.45) is 3.07. The number of hydrogen-bond acceptors (Lipinski definition) is 7. The van der Waals surface area contributed by atoms with Crippen LogP contribution in [0.5, 0.6) is 0 Å². The van der Waals surface area contributed by atoms with E-state index in [1.54, 1.807) is 0 Å². The van der Waals surface area contributed by atoms with Gasteiger partial charge in [0.15, 0.2) is 6.04 Å². The van der Waals surface area contributed by atoms with E-state index in [4.69, 9.17) is 0 Å². The van der Waals surface area contributed by atoms with Gasteiger partial charge in [-0.3, -0.25) is 10.1 Å². The van der Waals surface area contributed by atoms with Crippen molar-refractivity contribution in [2.45, 2.75) is 18.9 Å². The minimum absolute atomic E-state index is 0.274. The molecule has 9 heteroatoms. The highest BCUT2D eigenvalue weighted by atomic mass is 32.1. The third kappa shape index (κ3) is 4.26. The molecule has 4 aromatic rings. The second-order valence-corrected chi connectivity index (χ2v) is 7.14. The highest BCUT2D eigenvalue weighted by molar-refractivity contribution is 7.15. The Balaban J connectivity index is 1.45. The maximum absolute atomic E-state index is 12.9. The van der Waals surface area contributed by atoms with E-state index in [0.29, 0.717) is 5.13 Å². The van der Waals surface area contributed by atoms with Crippen molar-refractivity contribution >= 4 is 22.4 Å². The molecule has 0 saturated carbocycles. The zero-order valence-electron chi connectivity index (χ0n) is 14.8. The predicted molar refractivity (Wildman–Crippen MR) is 105 cm³/mol. The average Bonchev–Trinajstić information content (AvgIpc) is 3.41. The summed E-state index contributed by atoms with van der Waals surface area (Å²) >= 11 is 1.38. The third-order valence-corrected chi connectivity index (χ3v) is 5.06. The largest absolute Gasteiger partial charge is 0.298 e. The van der Waals surface area contributed by atoms with E-state index in [2.05, 4.69) is 43.2 Å². The van der Waals surface area contributed by atoms with E-state index < -0.39 is 6.04 Å². The van der Waals surface area contributed by atoms with Crippen LogP contribution in [-0.2, 0) is 17.6 Å². The smallest absolute Gasteiger partial charge is 0.255 e. The predicted octanol–water partition coefficient (Wildman–Crippen LogP) is 2.54. The SMILES string of the molecule is O=C(Nc1nnc(CCc2ccccc2)s1)[C@H](c1ccccc1)n1cnnn1. The van der Waals surface area contributed by atoms with Crippen LogP contribution in [0.4, 0.5) is 5.13 Å². The maximum atomic E-state index is 12.9. The van der Waals surface area contributed by atoms with Gasteiger partial charge in [-0.25, -0.2) is 4.68 Å². The van der Waals surface area contributed by atoms with Crippen LogP contribution in [0.15, 0.2) is 67.0 Å². The minimum Gasteiger partial charge on any atom is -0.298 e. The van der Waals surface area contributed by atoms with Gasteiger partial charge in [-0.1, -0.05) is 72.0 Å². The molecule has 1 N–H and O–H groups in total. The third-order valence-electron chi connectivity index (χ3n) is 4.16. The number of rotatable bonds is 7. The molecule has 0 spiro atoms. The van der Waals surface area contributed by atoms with Gasteiger partial charge in [0.2, 0.25) is 5.13 Å². The highest BCUT2D eigenvalue weighted by Crippen LogP contribution is 2.22. The molecule has 0 fully saturated rings. The van der Waals surface area contributed by atoms with Crippen molar-refractivity contribution in [2.24, 2.45) is 0 Å². The van der Waals surface area contributed by atoms with Crippen LogP contribution in [0.2, 0.25) is 0 Å². The fourth-order valence-corrected chi connectivity index (χ4v) is 3.56. The quantitative estimate of drug-likeness (QED) is 0.520. The zero-order chi connectivity index (χ0) is 19.2. The molecular formula is C19H17N7OS. The number of carbonyl (C=O) groups is 1. The number of carbonyl (C=O) groups excluding carboxylic acids is 1. The first-order valence-electron chi connectivity index (χ1n) is 8.74. The number of hydrogen-bond donors (Lipinski definition) is 1.